The zero-order valence-corrected chi connectivity index (χ0v) is 31.6. The van der Waals surface area contributed by atoms with Crippen LogP contribution in [0.4, 0.5) is 17.2 Å². The van der Waals surface area contributed by atoms with E-state index in [0.29, 0.717) is 28.2 Å². The van der Waals surface area contributed by atoms with Gasteiger partial charge >= 0.3 is 0 Å². The van der Waals surface area contributed by atoms with Crippen molar-refractivity contribution in [3.63, 3.8) is 0 Å². The summed E-state index contributed by atoms with van der Waals surface area (Å²) in [4.78, 5) is 6.88. The maximum Gasteiger partial charge on any atom is 0.255 e. The molecule has 5 nitrogen and oxygen atoms in total. The molecule has 2 heterocycles. The predicted octanol–water partition coefficient (Wildman–Crippen LogP) is 13.2. The fourth-order valence-electron chi connectivity index (χ4n) is 6.99. The van der Waals surface area contributed by atoms with Crippen LogP contribution in [0, 0.1) is 0 Å². The van der Waals surface area contributed by atoms with E-state index in [9.17, 15) is 0 Å². The van der Waals surface area contributed by atoms with Gasteiger partial charge in [0.1, 0.15) is 28.7 Å². The van der Waals surface area contributed by atoms with Crippen LogP contribution in [0.3, 0.4) is 0 Å². The first-order valence-electron chi connectivity index (χ1n) is 23.5. The number of hydrogen-bond acceptors (Lipinski definition) is 3. The molecule has 0 radical (unpaired) electrons. The highest BCUT2D eigenvalue weighted by Gasteiger charge is 2.25. The average molecular weight is 750 g/mol. The number of ether oxygens (including phenoxy) is 1. The van der Waals surface area contributed by atoms with Crippen molar-refractivity contribution in [1.82, 2.24) is 9.55 Å². The summed E-state index contributed by atoms with van der Waals surface area (Å²) in [6.07, 6.45) is 3.60. The molecule has 7 aromatic carbocycles. The maximum absolute atomic E-state index is 9.00. The minimum Gasteiger partial charge on any atom is -0.457 e. The van der Waals surface area contributed by atoms with E-state index in [1.165, 1.54) is 0 Å². The molecule has 276 valence electrons. The molecule has 9 rings (SSSR count). The van der Waals surface area contributed by atoms with Crippen molar-refractivity contribution in [2.45, 2.75) is 26.2 Å². The molecular formula is C52H43N4O+. The first-order chi connectivity index (χ1) is 32.0. The van der Waals surface area contributed by atoms with Gasteiger partial charge in [-0.3, -0.25) is 4.90 Å². The van der Waals surface area contributed by atoms with Gasteiger partial charge in [0.2, 0.25) is 0 Å². The van der Waals surface area contributed by atoms with Gasteiger partial charge in [0, 0.05) is 35.1 Å². The lowest BCUT2D eigenvalue weighted by Gasteiger charge is -2.27. The highest BCUT2D eigenvalue weighted by atomic mass is 16.5. The Labute approximate surface area is 348 Å². The number of hydrogen-bond donors (Lipinski definition) is 0. The molecule has 57 heavy (non-hydrogen) atoms. The lowest BCUT2D eigenvalue weighted by Crippen LogP contribution is -2.30. The monoisotopic (exact) mass is 749 g/mol. The lowest BCUT2D eigenvalue weighted by molar-refractivity contribution is -0.566. The fraction of sp³-hybridized carbons (Fsp3) is 0.0769. The number of aromatic nitrogens is 3. The lowest BCUT2D eigenvalue weighted by atomic mass is 9.88. The maximum atomic E-state index is 9.00. The van der Waals surface area contributed by atoms with Gasteiger partial charge in [-0.2, -0.15) is 9.13 Å². The van der Waals surface area contributed by atoms with Crippen molar-refractivity contribution in [1.29, 1.82) is 0 Å². The van der Waals surface area contributed by atoms with Gasteiger partial charge in [-0.1, -0.05) is 142 Å². The Hall–Kier alpha value is -7.24. The Bertz CT molecular complexity index is 3260. The van der Waals surface area contributed by atoms with E-state index in [-0.39, 0.29) is 33.4 Å². The summed E-state index contributed by atoms with van der Waals surface area (Å²) in [5, 5.41) is 0. The van der Waals surface area contributed by atoms with E-state index in [1.807, 2.05) is 120 Å². The van der Waals surface area contributed by atoms with Gasteiger partial charge in [0.05, 0.1) is 19.4 Å². The minimum atomic E-state index is -0.559. The topological polar surface area (TPSA) is 34.2 Å². The fourth-order valence-corrected chi connectivity index (χ4v) is 6.99. The largest absolute Gasteiger partial charge is 0.457 e. The van der Waals surface area contributed by atoms with Crippen molar-refractivity contribution < 1.29 is 23.0 Å². The van der Waals surface area contributed by atoms with Crippen LogP contribution < -0.4 is 14.2 Å². The van der Waals surface area contributed by atoms with Gasteiger partial charge in [-0.25, -0.2) is 4.98 Å². The highest BCUT2D eigenvalue weighted by Crippen LogP contribution is 2.38. The van der Waals surface area contributed by atoms with E-state index < -0.39 is 60.4 Å². The molecule has 0 atom stereocenters. The van der Waals surface area contributed by atoms with Crippen LogP contribution in [0.25, 0.3) is 44.7 Å². The molecular weight excluding hydrogens is 697 g/mol. The average Bonchev–Trinajstić information content (AvgIpc) is 3.71. The summed E-state index contributed by atoms with van der Waals surface area (Å²) in [5.74, 6) is 1.86. The second-order valence-electron chi connectivity index (χ2n) is 14.5. The van der Waals surface area contributed by atoms with Gasteiger partial charge in [-0.05, 0) is 82.8 Å². The second-order valence-corrected chi connectivity index (χ2v) is 14.5. The molecule has 9 aromatic rings. The minimum absolute atomic E-state index is 0.0965. The van der Waals surface area contributed by atoms with Crippen LogP contribution >= 0.6 is 0 Å². The molecule has 0 aliphatic carbocycles. The highest BCUT2D eigenvalue weighted by molar-refractivity contribution is 5.85. The quantitative estimate of drug-likeness (QED) is 0.138. The van der Waals surface area contributed by atoms with Gasteiger partial charge in [-0.15, -0.1) is 0 Å². The number of imidazole rings is 1. The Kier molecular flexibility index (Phi) is 6.84. The molecule has 0 bridgehead atoms. The van der Waals surface area contributed by atoms with Crippen molar-refractivity contribution in [2.24, 2.45) is 0 Å². The summed E-state index contributed by atoms with van der Waals surface area (Å²) in [6.45, 7) is 6.51. The molecule has 5 heteroatoms. The van der Waals surface area contributed by atoms with Gasteiger partial charge < -0.3 is 4.74 Å². The molecule has 2 aromatic heterocycles. The summed E-state index contributed by atoms with van der Waals surface area (Å²) in [5.41, 5.74) is 5.21. The van der Waals surface area contributed by atoms with E-state index in [1.54, 1.807) is 29.1 Å². The normalized spacial score (nSPS) is 13.9. The number of rotatable bonds is 9. The molecule has 0 aliphatic heterocycles. The Morgan fingerprint density at radius 1 is 0.614 bits per heavy atom. The van der Waals surface area contributed by atoms with E-state index in [0.717, 1.165) is 22.8 Å². The third-order valence-electron chi connectivity index (χ3n) is 9.71. The van der Waals surface area contributed by atoms with E-state index >= 15 is 0 Å². The van der Waals surface area contributed by atoms with E-state index in [2.05, 4.69) is 31.7 Å². The standard InChI is InChI=1S/C52H43N4O/c1-52(2,3)40-32-33-53-50(34-40)56(41-22-11-6-12-23-41)43-25-16-27-45(36-43)57-44-26-15-24-42(35-44)54-37-55(49-31-14-13-30-48(49)54)51-46(38-18-7-4-8-19-38)28-17-29-47(51)39-20-9-5-10-21-39/h4-37H,1-3H3/q+1/i4D,5D,7D,8D,9D,10D,18D,19D,20D,21D. The van der Waals surface area contributed by atoms with Crippen LogP contribution in [-0.4, -0.2) is 9.55 Å². The summed E-state index contributed by atoms with van der Waals surface area (Å²) >= 11 is 0. The van der Waals surface area contributed by atoms with Gasteiger partial charge in [0.15, 0.2) is 11.0 Å². The van der Waals surface area contributed by atoms with Crippen molar-refractivity contribution in [3.05, 3.63) is 212 Å². The molecule has 0 amide bonds. The molecule has 0 N–H and O–H groups in total. The molecule has 0 aliphatic rings. The second kappa shape index (κ2) is 15.1. The molecule has 0 spiro atoms. The first-order valence-corrected chi connectivity index (χ1v) is 18.5. The first kappa shape index (κ1) is 25.8. The number of pyridine rings is 1. The number of para-hydroxylation sites is 4. The third kappa shape index (κ3) is 7.19. The summed E-state index contributed by atoms with van der Waals surface area (Å²) < 4.78 is 97.1. The smallest absolute Gasteiger partial charge is 0.255 e. The van der Waals surface area contributed by atoms with Crippen LogP contribution in [0.15, 0.2) is 206 Å². The predicted molar refractivity (Wildman–Crippen MR) is 233 cm³/mol. The zero-order valence-electron chi connectivity index (χ0n) is 41.6. The molecule has 0 fully saturated rings. The van der Waals surface area contributed by atoms with E-state index in [4.69, 9.17) is 23.4 Å². The SMILES string of the molecule is [2H]c1c([2H])c([2H])c(-c2cccc(-c3c([2H])c([2H])c([2H])c([2H])c3[2H])c2-[n+]2cn(-c3cccc(Oc4cccc(N(c5ccccc5)c5cc(C(C)(C)C)ccn5)c4)c3)c3ccccc32)c([2H])c1[2H]. The van der Waals surface area contributed by atoms with Crippen LogP contribution in [0.2, 0.25) is 0 Å². The zero-order chi connectivity index (χ0) is 47.5. The van der Waals surface area contributed by atoms with Crippen LogP contribution in [0.1, 0.15) is 40.0 Å². The van der Waals surface area contributed by atoms with Crippen molar-refractivity contribution in [2.75, 3.05) is 4.90 Å². The van der Waals surface area contributed by atoms with Crippen molar-refractivity contribution in [3.8, 4) is 45.1 Å². The number of fused-ring (bicyclic) bond motifs is 1. The molecule has 0 saturated carbocycles. The van der Waals surface area contributed by atoms with Crippen molar-refractivity contribution >= 4 is 28.2 Å². The number of benzene rings is 7. The van der Waals surface area contributed by atoms with Crippen LogP contribution in [-0.2, 0) is 5.41 Å². The molecule has 0 saturated heterocycles. The Balaban J connectivity index is 1.19. The Morgan fingerprint density at radius 3 is 1.93 bits per heavy atom. The third-order valence-corrected chi connectivity index (χ3v) is 9.71. The van der Waals surface area contributed by atoms with Gasteiger partial charge in [0.25, 0.3) is 6.33 Å². The van der Waals surface area contributed by atoms with Crippen LogP contribution in [0.5, 0.6) is 11.5 Å². The summed E-state index contributed by atoms with van der Waals surface area (Å²) in [6, 6.07) is 36.6. The Morgan fingerprint density at radius 2 is 1.23 bits per heavy atom. The summed E-state index contributed by atoms with van der Waals surface area (Å²) in [7, 11) is 0. The number of nitrogens with zero attached hydrogens (tertiary/aromatic N) is 4. The number of anilines is 3. The molecule has 0 unspecified atom stereocenters.